The van der Waals surface area contributed by atoms with E-state index >= 15 is 0 Å². The summed E-state index contributed by atoms with van der Waals surface area (Å²) in [5.41, 5.74) is 0.348. The van der Waals surface area contributed by atoms with E-state index < -0.39 is 10.0 Å². The fourth-order valence-electron chi connectivity index (χ4n) is 1.51. The highest BCUT2D eigenvalue weighted by Gasteiger charge is 2.17. The summed E-state index contributed by atoms with van der Waals surface area (Å²) in [6, 6.07) is 11.2. The Morgan fingerprint density at radius 3 is 2.50 bits per heavy atom. The predicted molar refractivity (Wildman–Crippen MR) is 67.4 cm³/mol. The quantitative estimate of drug-likeness (QED) is 0.874. The van der Waals surface area contributed by atoms with Gasteiger partial charge in [-0.05, 0) is 23.8 Å². The highest BCUT2D eigenvalue weighted by Crippen LogP contribution is 2.18. The molecule has 0 bridgehead atoms. The first kappa shape index (κ1) is 12.5. The maximum Gasteiger partial charge on any atom is 0.263 e. The number of pyridine rings is 1. The number of nitrogens with one attached hydrogen (secondary N) is 1. The zero-order valence-corrected chi connectivity index (χ0v) is 10.3. The van der Waals surface area contributed by atoms with Crippen molar-refractivity contribution in [1.82, 2.24) is 4.98 Å². The molecule has 18 heavy (non-hydrogen) atoms. The third kappa shape index (κ3) is 2.66. The van der Waals surface area contributed by atoms with Crippen LogP contribution in [0.2, 0.25) is 0 Å². The van der Waals surface area contributed by atoms with Gasteiger partial charge in [-0.25, -0.2) is 13.4 Å². The van der Waals surface area contributed by atoms with Crippen LogP contribution in [-0.4, -0.2) is 18.5 Å². The fraction of sp³-hybridized carbons (Fsp3) is 0.0833. The Morgan fingerprint density at radius 2 is 1.83 bits per heavy atom. The number of hydrogen-bond acceptors (Lipinski definition) is 4. The number of aliphatic hydroxyl groups excluding tert-OH is 1. The molecule has 0 unspecified atom stereocenters. The van der Waals surface area contributed by atoms with Gasteiger partial charge in [0.25, 0.3) is 10.0 Å². The second kappa shape index (κ2) is 5.16. The number of aromatic nitrogens is 1. The van der Waals surface area contributed by atoms with Crippen molar-refractivity contribution >= 4 is 15.8 Å². The van der Waals surface area contributed by atoms with E-state index in [0.29, 0.717) is 5.56 Å². The van der Waals surface area contributed by atoms with Crippen LogP contribution < -0.4 is 4.72 Å². The molecule has 0 amide bonds. The molecule has 6 heteroatoms. The zero-order chi connectivity index (χ0) is 13.0. The molecule has 2 N–H and O–H groups in total. The maximum atomic E-state index is 12.1. The Morgan fingerprint density at radius 1 is 1.11 bits per heavy atom. The first-order valence-corrected chi connectivity index (χ1v) is 6.74. The molecular formula is C12H12N2O3S. The van der Waals surface area contributed by atoms with Crippen molar-refractivity contribution in [2.24, 2.45) is 0 Å². The molecule has 0 aliphatic carbocycles. The normalized spacial score (nSPS) is 11.2. The van der Waals surface area contributed by atoms with Gasteiger partial charge >= 0.3 is 0 Å². The number of benzene rings is 1. The van der Waals surface area contributed by atoms with Gasteiger partial charge in [0.15, 0.2) is 0 Å². The maximum absolute atomic E-state index is 12.1. The van der Waals surface area contributed by atoms with Crippen LogP contribution in [0.15, 0.2) is 53.6 Å². The summed E-state index contributed by atoms with van der Waals surface area (Å²) in [4.78, 5) is 3.95. The standard InChI is InChI=1S/C12H12N2O3S/c15-9-10-5-1-2-6-11(10)18(16,17)14-12-7-3-4-8-13-12/h1-8,15H,9H2,(H,13,14). The van der Waals surface area contributed by atoms with Gasteiger partial charge in [-0.1, -0.05) is 24.3 Å². The van der Waals surface area contributed by atoms with Crippen LogP contribution in [-0.2, 0) is 16.6 Å². The fourth-order valence-corrected chi connectivity index (χ4v) is 2.75. The van der Waals surface area contributed by atoms with Crippen LogP contribution in [0.3, 0.4) is 0 Å². The lowest BCUT2D eigenvalue weighted by Gasteiger charge is -2.10. The van der Waals surface area contributed by atoms with E-state index in [9.17, 15) is 8.42 Å². The van der Waals surface area contributed by atoms with Gasteiger partial charge in [0.05, 0.1) is 11.5 Å². The van der Waals surface area contributed by atoms with E-state index in [1.165, 1.54) is 12.3 Å². The van der Waals surface area contributed by atoms with Crippen molar-refractivity contribution in [3.8, 4) is 0 Å². The largest absolute Gasteiger partial charge is 0.392 e. The number of nitrogens with zero attached hydrogens (tertiary/aromatic N) is 1. The second-order valence-electron chi connectivity index (χ2n) is 3.59. The Bertz CT molecular complexity index is 627. The van der Waals surface area contributed by atoms with Gasteiger partial charge in [-0.15, -0.1) is 0 Å². The van der Waals surface area contributed by atoms with E-state index in [4.69, 9.17) is 5.11 Å². The molecule has 94 valence electrons. The highest BCUT2D eigenvalue weighted by molar-refractivity contribution is 7.92. The lowest BCUT2D eigenvalue weighted by Crippen LogP contribution is -2.15. The number of hydrogen-bond donors (Lipinski definition) is 2. The minimum absolute atomic E-state index is 0.0538. The van der Waals surface area contributed by atoms with Gasteiger partial charge < -0.3 is 5.11 Å². The van der Waals surface area contributed by atoms with Crippen LogP contribution in [0, 0.1) is 0 Å². The number of aliphatic hydroxyl groups is 1. The first-order valence-electron chi connectivity index (χ1n) is 5.26. The molecule has 0 atom stereocenters. The molecule has 0 saturated carbocycles. The van der Waals surface area contributed by atoms with Crippen molar-refractivity contribution in [3.05, 3.63) is 54.2 Å². The van der Waals surface area contributed by atoms with E-state index in [1.54, 1.807) is 36.4 Å². The second-order valence-corrected chi connectivity index (χ2v) is 5.24. The molecule has 1 heterocycles. The average Bonchev–Trinajstić information content (AvgIpc) is 2.39. The van der Waals surface area contributed by atoms with Crippen LogP contribution >= 0.6 is 0 Å². The lowest BCUT2D eigenvalue weighted by atomic mass is 10.2. The molecule has 0 saturated heterocycles. The number of anilines is 1. The summed E-state index contributed by atoms with van der Waals surface area (Å²) in [5, 5.41) is 9.14. The average molecular weight is 264 g/mol. The summed E-state index contributed by atoms with van der Waals surface area (Å²) in [6.07, 6.45) is 1.50. The molecule has 1 aromatic heterocycles. The minimum atomic E-state index is -3.73. The Balaban J connectivity index is 2.37. The molecule has 0 aliphatic rings. The highest BCUT2D eigenvalue weighted by atomic mass is 32.2. The number of sulfonamides is 1. The van der Waals surface area contributed by atoms with Crippen LogP contribution in [0.1, 0.15) is 5.56 Å². The summed E-state index contributed by atoms with van der Waals surface area (Å²) in [7, 11) is -3.73. The van der Waals surface area contributed by atoms with Gasteiger partial charge in [0.2, 0.25) is 0 Å². The lowest BCUT2D eigenvalue weighted by molar-refractivity contribution is 0.278. The van der Waals surface area contributed by atoms with Gasteiger partial charge in [0, 0.05) is 6.20 Å². The van der Waals surface area contributed by atoms with E-state index in [2.05, 4.69) is 9.71 Å². The zero-order valence-electron chi connectivity index (χ0n) is 9.45. The van der Waals surface area contributed by atoms with E-state index in [-0.39, 0.29) is 17.3 Å². The Kier molecular flexibility index (Phi) is 3.59. The third-order valence-electron chi connectivity index (χ3n) is 2.34. The molecule has 0 spiro atoms. The van der Waals surface area contributed by atoms with Crippen LogP contribution in [0.5, 0.6) is 0 Å². The molecule has 0 aliphatic heterocycles. The van der Waals surface area contributed by atoms with Crippen molar-refractivity contribution in [2.45, 2.75) is 11.5 Å². The first-order chi connectivity index (χ1) is 8.63. The van der Waals surface area contributed by atoms with Gasteiger partial charge in [0.1, 0.15) is 5.82 Å². The molecule has 1 aromatic carbocycles. The van der Waals surface area contributed by atoms with Gasteiger partial charge in [-0.2, -0.15) is 0 Å². The molecule has 2 rings (SSSR count). The van der Waals surface area contributed by atoms with Crippen molar-refractivity contribution < 1.29 is 13.5 Å². The van der Waals surface area contributed by atoms with E-state index in [1.807, 2.05) is 0 Å². The Labute approximate surface area is 105 Å². The minimum Gasteiger partial charge on any atom is -0.392 e. The summed E-state index contributed by atoms with van der Waals surface area (Å²) in [5.74, 6) is 0.241. The van der Waals surface area contributed by atoms with Crippen molar-refractivity contribution in [1.29, 1.82) is 0 Å². The molecule has 0 radical (unpaired) electrons. The van der Waals surface area contributed by atoms with Crippen molar-refractivity contribution in [2.75, 3.05) is 4.72 Å². The summed E-state index contributed by atoms with van der Waals surface area (Å²) < 4.78 is 26.6. The van der Waals surface area contributed by atoms with Crippen molar-refractivity contribution in [3.63, 3.8) is 0 Å². The van der Waals surface area contributed by atoms with Crippen LogP contribution in [0.4, 0.5) is 5.82 Å². The molecular weight excluding hydrogens is 252 g/mol. The predicted octanol–water partition coefficient (Wildman–Crippen LogP) is 1.37. The van der Waals surface area contributed by atoms with Gasteiger partial charge in [-0.3, -0.25) is 4.72 Å². The summed E-state index contributed by atoms with van der Waals surface area (Å²) in [6.45, 7) is -0.334. The molecule has 2 aromatic rings. The SMILES string of the molecule is O=S(=O)(Nc1ccccn1)c1ccccc1CO. The summed E-state index contributed by atoms with van der Waals surface area (Å²) >= 11 is 0. The smallest absolute Gasteiger partial charge is 0.263 e. The Hall–Kier alpha value is -1.92. The monoisotopic (exact) mass is 264 g/mol. The molecule has 0 fully saturated rings. The topological polar surface area (TPSA) is 79.3 Å². The van der Waals surface area contributed by atoms with E-state index in [0.717, 1.165) is 0 Å². The third-order valence-corrected chi connectivity index (χ3v) is 3.79. The number of rotatable bonds is 4. The van der Waals surface area contributed by atoms with Crippen LogP contribution in [0.25, 0.3) is 0 Å². The molecule has 5 nitrogen and oxygen atoms in total.